The summed E-state index contributed by atoms with van der Waals surface area (Å²) < 4.78 is 0. The highest BCUT2D eigenvalue weighted by atomic mass is 15.3. The Morgan fingerprint density at radius 3 is 2.16 bits per heavy atom. The van der Waals surface area contributed by atoms with E-state index in [4.69, 9.17) is 0 Å². The molecule has 45 heavy (non-hydrogen) atoms. The molecule has 0 saturated heterocycles. The van der Waals surface area contributed by atoms with Gasteiger partial charge in [0, 0.05) is 33.9 Å². The van der Waals surface area contributed by atoms with Crippen molar-refractivity contribution in [2.24, 2.45) is 11.8 Å². The minimum Gasteiger partial charge on any atom is -0.335 e. The number of anilines is 5. The Kier molecular flexibility index (Phi) is 5.62. The summed E-state index contributed by atoms with van der Waals surface area (Å²) in [6.45, 7) is 17.2. The van der Waals surface area contributed by atoms with E-state index in [0.29, 0.717) is 0 Å². The molecule has 0 spiro atoms. The van der Waals surface area contributed by atoms with E-state index in [2.05, 4.69) is 131 Å². The van der Waals surface area contributed by atoms with E-state index in [1.165, 1.54) is 100 Å². The maximum absolute atomic E-state index is 2.90. The van der Waals surface area contributed by atoms with E-state index in [1.54, 1.807) is 5.56 Å². The molecule has 2 saturated carbocycles. The number of benzene rings is 4. The molecule has 4 aromatic rings. The van der Waals surface area contributed by atoms with Crippen molar-refractivity contribution in [2.75, 3.05) is 9.80 Å². The molecular formula is C42H47BN2. The summed E-state index contributed by atoms with van der Waals surface area (Å²) in [7, 11) is 0. The van der Waals surface area contributed by atoms with Gasteiger partial charge in [0.1, 0.15) is 0 Å². The van der Waals surface area contributed by atoms with Crippen LogP contribution < -0.4 is 26.2 Å². The first-order valence-corrected chi connectivity index (χ1v) is 17.6. The summed E-state index contributed by atoms with van der Waals surface area (Å²) in [5, 5.41) is 0. The molecule has 3 aliphatic heterocycles. The SMILES string of the molecule is Cc1ccc(N2c3ccc(C)cc3B3c4cc(C(C)(C)C)cc5c4N(c4cccc2c43)C2(C)CC3CCCCC3CC52C)cc1. The van der Waals surface area contributed by atoms with Crippen LogP contribution in [0.5, 0.6) is 0 Å². The van der Waals surface area contributed by atoms with Gasteiger partial charge in [-0.1, -0.05) is 107 Å². The number of rotatable bonds is 1. The zero-order valence-electron chi connectivity index (χ0n) is 28.3. The molecule has 9 rings (SSSR count). The third kappa shape index (κ3) is 3.59. The van der Waals surface area contributed by atoms with E-state index < -0.39 is 0 Å². The maximum Gasteiger partial charge on any atom is 0.252 e. The second-order valence-corrected chi connectivity index (χ2v) is 16.7. The highest BCUT2D eigenvalue weighted by molar-refractivity contribution is 7.00. The Morgan fingerprint density at radius 2 is 1.42 bits per heavy atom. The van der Waals surface area contributed by atoms with Crippen molar-refractivity contribution in [3.05, 3.63) is 95.1 Å². The van der Waals surface area contributed by atoms with Crippen LogP contribution in [0.2, 0.25) is 0 Å². The van der Waals surface area contributed by atoms with Crippen molar-refractivity contribution in [1.29, 1.82) is 0 Å². The molecule has 2 aliphatic carbocycles. The second-order valence-electron chi connectivity index (χ2n) is 16.7. The molecular weight excluding hydrogens is 543 g/mol. The fraction of sp³-hybridized carbons (Fsp3) is 0.429. The molecule has 2 fully saturated rings. The average Bonchev–Trinajstić information content (AvgIpc) is 3.21. The number of aryl methyl sites for hydroxylation is 2. The van der Waals surface area contributed by atoms with E-state index in [1.807, 2.05) is 0 Å². The first-order chi connectivity index (χ1) is 21.5. The van der Waals surface area contributed by atoms with Crippen LogP contribution in [0.25, 0.3) is 0 Å². The Labute approximate surface area is 270 Å². The molecule has 228 valence electrons. The molecule has 4 atom stereocenters. The van der Waals surface area contributed by atoms with Gasteiger partial charge in [-0.3, -0.25) is 0 Å². The van der Waals surface area contributed by atoms with Crippen LogP contribution in [0.3, 0.4) is 0 Å². The van der Waals surface area contributed by atoms with Crippen molar-refractivity contribution in [1.82, 2.24) is 0 Å². The fourth-order valence-corrected chi connectivity index (χ4v) is 10.6. The lowest BCUT2D eigenvalue weighted by Gasteiger charge is -2.57. The highest BCUT2D eigenvalue weighted by Gasteiger charge is 2.64. The predicted molar refractivity (Wildman–Crippen MR) is 193 cm³/mol. The van der Waals surface area contributed by atoms with Crippen LogP contribution in [0.1, 0.15) is 95.4 Å². The smallest absolute Gasteiger partial charge is 0.252 e. The van der Waals surface area contributed by atoms with Crippen molar-refractivity contribution in [2.45, 2.75) is 103 Å². The quantitative estimate of drug-likeness (QED) is 0.180. The maximum atomic E-state index is 2.90. The predicted octanol–water partition coefficient (Wildman–Crippen LogP) is 8.98. The van der Waals surface area contributed by atoms with E-state index in [9.17, 15) is 0 Å². The van der Waals surface area contributed by atoms with Gasteiger partial charge in [0.25, 0.3) is 6.71 Å². The van der Waals surface area contributed by atoms with Crippen LogP contribution in [0, 0.1) is 25.7 Å². The third-order valence-corrected chi connectivity index (χ3v) is 13.1. The number of fused-ring (bicyclic) bond motifs is 8. The lowest BCUT2D eigenvalue weighted by molar-refractivity contribution is 0.0581. The topological polar surface area (TPSA) is 6.48 Å². The molecule has 3 heteroatoms. The van der Waals surface area contributed by atoms with Gasteiger partial charge in [-0.15, -0.1) is 0 Å². The third-order valence-electron chi connectivity index (χ3n) is 13.1. The summed E-state index contributed by atoms with van der Waals surface area (Å²) in [5.41, 5.74) is 17.3. The van der Waals surface area contributed by atoms with Gasteiger partial charge in [0.05, 0.1) is 5.54 Å². The summed E-state index contributed by atoms with van der Waals surface area (Å²) in [4.78, 5) is 5.46. The monoisotopic (exact) mass is 590 g/mol. The van der Waals surface area contributed by atoms with Crippen molar-refractivity contribution < 1.29 is 0 Å². The van der Waals surface area contributed by atoms with Gasteiger partial charge in [-0.05, 0) is 109 Å². The Hall–Kier alpha value is -3.46. The van der Waals surface area contributed by atoms with Gasteiger partial charge >= 0.3 is 0 Å². The van der Waals surface area contributed by atoms with Crippen LogP contribution >= 0.6 is 0 Å². The lowest BCUT2D eigenvalue weighted by atomic mass is 9.33. The van der Waals surface area contributed by atoms with Gasteiger partial charge in [0.2, 0.25) is 0 Å². The van der Waals surface area contributed by atoms with Gasteiger partial charge in [-0.25, -0.2) is 0 Å². The fourth-order valence-electron chi connectivity index (χ4n) is 10.6. The first kappa shape index (κ1) is 27.8. The van der Waals surface area contributed by atoms with Crippen LogP contribution in [-0.4, -0.2) is 12.3 Å². The molecule has 5 aliphatic rings. The largest absolute Gasteiger partial charge is 0.335 e. The molecule has 0 bridgehead atoms. The summed E-state index contributed by atoms with van der Waals surface area (Å²) in [5.74, 6) is 1.69. The summed E-state index contributed by atoms with van der Waals surface area (Å²) in [6, 6.07) is 28.8. The molecule has 0 amide bonds. The Balaban J connectivity index is 1.38. The van der Waals surface area contributed by atoms with Crippen molar-refractivity contribution in [3.8, 4) is 0 Å². The molecule has 2 nitrogen and oxygen atoms in total. The standard InChI is InChI=1S/C42H47BN2/c1-26-15-18-31(19-16-26)44-35-20-17-27(2)21-33(35)43-34-23-30(40(3,4)5)22-32-39(34)45(37-14-10-13-36(44)38(37)43)42(7)25-29-12-9-8-11-28(29)24-41(32,42)6/h10,13-23,28-29H,8-9,11-12,24-25H2,1-7H3. The molecule has 3 heterocycles. The molecule has 0 aromatic heterocycles. The van der Waals surface area contributed by atoms with E-state index in [0.717, 1.165) is 11.8 Å². The molecule has 0 radical (unpaired) electrons. The number of hydrogen-bond acceptors (Lipinski definition) is 2. The molecule has 0 N–H and O–H groups in total. The number of hydrogen-bond donors (Lipinski definition) is 0. The Bertz CT molecular complexity index is 1880. The lowest BCUT2D eigenvalue weighted by Crippen LogP contribution is -2.65. The zero-order valence-corrected chi connectivity index (χ0v) is 28.3. The van der Waals surface area contributed by atoms with Crippen LogP contribution in [-0.2, 0) is 10.8 Å². The van der Waals surface area contributed by atoms with Crippen LogP contribution in [0.4, 0.5) is 28.4 Å². The summed E-state index contributed by atoms with van der Waals surface area (Å²) >= 11 is 0. The first-order valence-electron chi connectivity index (χ1n) is 17.6. The zero-order chi connectivity index (χ0) is 31.0. The van der Waals surface area contributed by atoms with Crippen molar-refractivity contribution >= 4 is 51.5 Å². The second kappa shape index (κ2) is 9.08. The minimum absolute atomic E-state index is 0.0424. The average molecular weight is 591 g/mol. The molecule has 4 unspecified atom stereocenters. The van der Waals surface area contributed by atoms with Crippen molar-refractivity contribution in [3.63, 3.8) is 0 Å². The van der Waals surface area contributed by atoms with E-state index in [-0.39, 0.29) is 23.1 Å². The minimum atomic E-state index is 0.0424. The Morgan fingerprint density at radius 1 is 0.733 bits per heavy atom. The highest BCUT2D eigenvalue weighted by Crippen LogP contribution is 2.65. The molecule has 4 aromatic carbocycles. The van der Waals surface area contributed by atoms with E-state index >= 15 is 0 Å². The summed E-state index contributed by atoms with van der Waals surface area (Å²) in [6.07, 6.45) is 8.25. The van der Waals surface area contributed by atoms with Crippen LogP contribution in [0.15, 0.2) is 72.8 Å². The van der Waals surface area contributed by atoms with Gasteiger partial charge in [0.15, 0.2) is 0 Å². The van der Waals surface area contributed by atoms with Gasteiger partial charge in [-0.2, -0.15) is 0 Å². The normalized spacial score (nSPS) is 27.4. The van der Waals surface area contributed by atoms with Gasteiger partial charge < -0.3 is 9.80 Å². The number of nitrogens with zero attached hydrogens (tertiary/aromatic N) is 2.